The molecular formula is C9H21N. The molecule has 1 aliphatic heterocycles. The van der Waals surface area contributed by atoms with Crippen LogP contribution in [0.5, 0.6) is 0 Å². The van der Waals surface area contributed by atoms with Gasteiger partial charge in [-0.25, -0.2) is 0 Å². The quantitative estimate of drug-likeness (QED) is 0.545. The highest BCUT2D eigenvalue weighted by Crippen LogP contribution is 2.14. The molecule has 0 saturated carbocycles. The highest BCUT2D eigenvalue weighted by molar-refractivity contribution is 4.72. The van der Waals surface area contributed by atoms with Gasteiger partial charge >= 0.3 is 0 Å². The second kappa shape index (κ2) is 5.72. The summed E-state index contributed by atoms with van der Waals surface area (Å²) in [6.45, 7) is 11.1. The van der Waals surface area contributed by atoms with Gasteiger partial charge in [-0.05, 0) is 32.9 Å². The maximum Gasteiger partial charge on any atom is 0.00672 e. The highest BCUT2D eigenvalue weighted by atomic mass is 15.2. The minimum Gasteiger partial charge on any atom is -0.301 e. The van der Waals surface area contributed by atoms with Crippen molar-refractivity contribution in [1.82, 2.24) is 4.90 Å². The van der Waals surface area contributed by atoms with Crippen LogP contribution in [0, 0.1) is 0 Å². The van der Waals surface area contributed by atoms with Crippen molar-refractivity contribution in [3.05, 3.63) is 0 Å². The van der Waals surface area contributed by atoms with Gasteiger partial charge in [-0.3, -0.25) is 0 Å². The summed E-state index contributed by atoms with van der Waals surface area (Å²) in [5.74, 6) is 0. The number of hydrogen-bond donors (Lipinski definition) is 0. The van der Waals surface area contributed by atoms with E-state index in [4.69, 9.17) is 0 Å². The molecule has 1 heterocycles. The lowest BCUT2D eigenvalue weighted by atomic mass is 10.2. The van der Waals surface area contributed by atoms with Crippen molar-refractivity contribution in [2.24, 2.45) is 0 Å². The van der Waals surface area contributed by atoms with Gasteiger partial charge in [-0.1, -0.05) is 20.8 Å². The first kappa shape index (κ1) is 9.96. The summed E-state index contributed by atoms with van der Waals surface area (Å²) in [4.78, 5) is 2.53. The van der Waals surface area contributed by atoms with Crippen LogP contribution >= 0.6 is 0 Å². The molecule has 1 rings (SSSR count). The molecule has 1 nitrogen and oxygen atoms in total. The van der Waals surface area contributed by atoms with Crippen molar-refractivity contribution in [2.75, 3.05) is 13.1 Å². The Hall–Kier alpha value is -0.0400. The average Bonchev–Trinajstić information content (AvgIpc) is 2.39. The van der Waals surface area contributed by atoms with Crippen molar-refractivity contribution in [2.45, 2.75) is 46.6 Å². The Labute approximate surface area is 65.4 Å². The van der Waals surface area contributed by atoms with Gasteiger partial charge in [-0.15, -0.1) is 0 Å². The van der Waals surface area contributed by atoms with E-state index in [0.717, 1.165) is 6.04 Å². The van der Waals surface area contributed by atoms with Crippen LogP contribution in [-0.4, -0.2) is 24.0 Å². The molecule has 0 aromatic heterocycles. The van der Waals surface area contributed by atoms with Crippen LogP contribution in [0.4, 0.5) is 0 Å². The van der Waals surface area contributed by atoms with Crippen molar-refractivity contribution < 1.29 is 0 Å². The summed E-state index contributed by atoms with van der Waals surface area (Å²) in [6.07, 6.45) is 2.82. The Morgan fingerprint density at radius 3 is 2.20 bits per heavy atom. The van der Waals surface area contributed by atoms with Crippen molar-refractivity contribution >= 4 is 0 Å². The van der Waals surface area contributed by atoms with Crippen LogP contribution in [-0.2, 0) is 0 Å². The molecule has 0 unspecified atom stereocenters. The molecule has 62 valence electrons. The smallest absolute Gasteiger partial charge is 0.00672 e. The van der Waals surface area contributed by atoms with Crippen LogP contribution in [0.3, 0.4) is 0 Å². The highest BCUT2D eigenvalue weighted by Gasteiger charge is 2.16. The lowest BCUT2D eigenvalue weighted by Gasteiger charge is -2.17. The van der Waals surface area contributed by atoms with Crippen LogP contribution < -0.4 is 0 Å². The van der Waals surface area contributed by atoms with E-state index in [9.17, 15) is 0 Å². The third-order valence-electron chi connectivity index (χ3n) is 2.10. The SMILES string of the molecule is CC.CCN1CCC[C@H]1C. The zero-order valence-electron chi connectivity index (χ0n) is 7.85. The molecule has 1 heteroatoms. The standard InChI is InChI=1S/C7H15N.C2H6/c1-3-8-6-4-5-7(8)2;1-2/h7H,3-6H2,1-2H3;1-2H3/t7-;/m1./s1. The molecule has 0 aliphatic carbocycles. The van der Waals surface area contributed by atoms with Gasteiger partial charge in [0.25, 0.3) is 0 Å². The zero-order chi connectivity index (χ0) is 7.98. The molecule has 1 fully saturated rings. The normalized spacial score (nSPS) is 25.8. The van der Waals surface area contributed by atoms with Gasteiger partial charge in [0.1, 0.15) is 0 Å². The molecule has 0 amide bonds. The topological polar surface area (TPSA) is 3.24 Å². The van der Waals surface area contributed by atoms with Crippen molar-refractivity contribution in [3.63, 3.8) is 0 Å². The van der Waals surface area contributed by atoms with Gasteiger partial charge in [0, 0.05) is 6.04 Å². The van der Waals surface area contributed by atoms with E-state index in [1.165, 1.54) is 25.9 Å². The van der Waals surface area contributed by atoms with Crippen LogP contribution in [0.2, 0.25) is 0 Å². The Morgan fingerprint density at radius 2 is 2.00 bits per heavy atom. The molecule has 0 spiro atoms. The summed E-state index contributed by atoms with van der Waals surface area (Å²) >= 11 is 0. The molecule has 0 aromatic rings. The van der Waals surface area contributed by atoms with E-state index in [0.29, 0.717) is 0 Å². The first-order valence-electron chi connectivity index (χ1n) is 4.58. The van der Waals surface area contributed by atoms with Crippen molar-refractivity contribution in [3.8, 4) is 0 Å². The Morgan fingerprint density at radius 1 is 1.40 bits per heavy atom. The summed E-state index contributed by atoms with van der Waals surface area (Å²) in [5.41, 5.74) is 0. The third-order valence-corrected chi connectivity index (χ3v) is 2.10. The number of rotatable bonds is 1. The zero-order valence-corrected chi connectivity index (χ0v) is 7.85. The molecule has 10 heavy (non-hydrogen) atoms. The van der Waals surface area contributed by atoms with Gasteiger partial charge in [-0.2, -0.15) is 0 Å². The van der Waals surface area contributed by atoms with Gasteiger partial charge in [0.05, 0.1) is 0 Å². The summed E-state index contributed by atoms with van der Waals surface area (Å²) in [7, 11) is 0. The fraction of sp³-hybridized carbons (Fsp3) is 1.00. The van der Waals surface area contributed by atoms with E-state index < -0.39 is 0 Å². The van der Waals surface area contributed by atoms with E-state index in [1.807, 2.05) is 13.8 Å². The van der Waals surface area contributed by atoms with E-state index in [1.54, 1.807) is 0 Å². The molecular weight excluding hydrogens is 122 g/mol. The third kappa shape index (κ3) is 2.70. The molecule has 1 atom stereocenters. The predicted molar refractivity (Wildman–Crippen MR) is 47.3 cm³/mol. The Bertz CT molecular complexity index is 71.1. The average molecular weight is 143 g/mol. The van der Waals surface area contributed by atoms with Gasteiger partial charge in [0.2, 0.25) is 0 Å². The largest absolute Gasteiger partial charge is 0.301 e. The number of likely N-dealkylation sites (tertiary alicyclic amines) is 1. The van der Waals surface area contributed by atoms with Crippen LogP contribution in [0.25, 0.3) is 0 Å². The molecule has 1 aliphatic rings. The first-order valence-corrected chi connectivity index (χ1v) is 4.58. The second-order valence-electron chi connectivity index (χ2n) is 2.62. The van der Waals surface area contributed by atoms with Gasteiger partial charge < -0.3 is 4.90 Å². The molecule has 0 bridgehead atoms. The molecule has 0 aromatic carbocycles. The molecule has 1 saturated heterocycles. The Kier molecular flexibility index (Phi) is 5.70. The Balaban J connectivity index is 0.000000371. The summed E-state index contributed by atoms with van der Waals surface area (Å²) < 4.78 is 0. The molecule has 0 N–H and O–H groups in total. The van der Waals surface area contributed by atoms with E-state index >= 15 is 0 Å². The van der Waals surface area contributed by atoms with E-state index in [-0.39, 0.29) is 0 Å². The fourth-order valence-electron chi connectivity index (χ4n) is 1.46. The fourth-order valence-corrected chi connectivity index (χ4v) is 1.46. The minimum atomic E-state index is 0.861. The van der Waals surface area contributed by atoms with Gasteiger partial charge in [0.15, 0.2) is 0 Å². The van der Waals surface area contributed by atoms with Crippen LogP contribution in [0.15, 0.2) is 0 Å². The molecule has 0 radical (unpaired) electrons. The second-order valence-corrected chi connectivity index (χ2v) is 2.62. The lowest BCUT2D eigenvalue weighted by molar-refractivity contribution is 0.284. The monoisotopic (exact) mass is 143 g/mol. The lowest BCUT2D eigenvalue weighted by Crippen LogP contribution is -2.25. The van der Waals surface area contributed by atoms with E-state index in [2.05, 4.69) is 18.7 Å². The summed E-state index contributed by atoms with van der Waals surface area (Å²) in [5, 5.41) is 0. The first-order chi connectivity index (χ1) is 4.84. The minimum absolute atomic E-state index is 0.861. The van der Waals surface area contributed by atoms with Crippen LogP contribution in [0.1, 0.15) is 40.5 Å². The number of hydrogen-bond acceptors (Lipinski definition) is 1. The van der Waals surface area contributed by atoms with Crippen molar-refractivity contribution in [1.29, 1.82) is 0 Å². The number of nitrogens with zero attached hydrogens (tertiary/aromatic N) is 1. The maximum atomic E-state index is 2.53. The predicted octanol–water partition coefficient (Wildman–Crippen LogP) is 2.52. The summed E-state index contributed by atoms with van der Waals surface area (Å²) in [6, 6.07) is 0.861. The maximum absolute atomic E-state index is 2.53.